The first-order valence-corrected chi connectivity index (χ1v) is 9.37. The van der Waals surface area contributed by atoms with Crippen LogP contribution in [0.1, 0.15) is 37.5 Å². The molecule has 0 saturated carbocycles. The van der Waals surface area contributed by atoms with Crippen LogP contribution in [0.25, 0.3) is 0 Å². The van der Waals surface area contributed by atoms with E-state index in [9.17, 15) is 13.6 Å². The van der Waals surface area contributed by atoms with Crippen LogP contribution < -0.4 is 4.74 Å². The smallest absolute Gasteiger partial charge is 0.410 e. The summed E-state index contributed by atoms with van der Waals surface area (Å²) >= 11 is 5.70. The number of hydrogen-bond acceptors (Lipinski definition) is 3. The van der Waals surface area contributed by atoms with Crippen LogP contribution in [0.5, 0.6) is 5.75 Å². The highest BCUT2D eigenvalue weighted by Crippen LogP contribution is 2.27. The molecule has 1 aliphatic rings. The molecule has 1 amide bonds. The van der Waals surface area contributed by atoms with Crippen LogP contribution in [0.2, 0.25) is 5.02 Å². The molecule has 0 aliphatic carbocycles. The Morgan fingerprint density at radius 3 is 2.64 bits per heavy atom. The highest BCUT2D eigenvalue weighted by molar-refractivity contribution is 6.30. The Morgan fingerprint density at radius 1 is 1.18 bits per heavy atom. The molecule has 0 aromatic heterocycles. The summed E-state index contributed by atoms with van der Waals surface area (Å²) in [5, 5.41) is -0.146. The van der Waals surface area contributed by atoms with Gasteiger partial charge in [0.2, 0.25) is 0 Å². The Morgan fingerprint density at radius 2 is 1.93 bits per heavy atom. The van der Waals surface area contributed by atoms with Gasteiger partial charge in [-0.3, -0.25) is 0 Å². The van der Waals surface area contributed by atoms with Gasteiger partial charge < -0.3 is 14.4 Å². The summed E-state index contributed by atoms with van der Waals surface area (Å²) in [6, 6.07) is 7.69. The van der Waals surface area contributed by atoms with Crippen molar-refractivity contribution >= 4 is 17.7 Å². The van der Waals surface area contributed by atoms with E-state index in [4.69, 9.17) is 21.1 Å². The maximum absolute atomic E-state index is 14.0. The van der Waals surface area contributed by atoms with Crippen molar-refractivity contribution in [2.75, 3.05) is 6.54 Å². The number of ether oxygens (including phenoxy) is 2. The van der Waals surface area contributed by atoms with Gasteiger partial charge in [-0.1, -0.05) is 17.7 Å². The predicted octanol–water partition coefficient (Wildman–Crippen LogP) is 5.49. The number of fused-ring (bicyclic) bond motifs is 1. The van der Waals surface area contributed by atoms with Crippen LogP contribution in [-0.4, -0.2) is 23.1 Å². The minimum atomic E-state index is -0.812. The average Bonchev–Trinajstić information content (AvgIpc) is 2.63. The average molecular weight is 410 g/mol. The van der Waals surface area contributed by atoms with E-state index < -0.39 is 17.2 Å². The van der Waals surface area contributed by atoms with Crippen LogP contribution in [-0.2, 0) is 24.3 Å². The molecule has 1 aliphatic heterocycles. The molecule has 0 atom stereocenters. The minimum absolute atomic E-state index is 0.146. The number of hydrogen-bond donors (Lipinski definition) is 0. The van der Waals surface area contributed by atoms with Crippen molar-refractivity contribution in [3.05, 3.63) is 63.7 Å². The Kier molecular flexibility index (Phi) is 5.79. The highest BCUT2D eigenvalue weighted by atomic mass is 35.5. The van der Waals surface area contributed by atoms with Crippen molar-refractivity contribution in [2.45, 2.75) is 45.9 Å². The zero-order valence-corrected chi connectivity index (χ0v) is 16.8. The summed E-state index contributed by atoms with van der Waals surface area (Å²) in [5.74, 6) is -1.01. The lowest BCUT2D eigenvalue weighted by atomic mass is 10.00. The Labute approximate surface area is 168 Å². The molecule has 0 radical (unpaired) electrons. The minimum Gasteiger partial charge on any atom is -0.489 e. The molecular formula is C21H22ClF2NO3. The quantitative estimate of drug-likeness (QED) is 0.629. The summed E-state index contributed by atoms with van der Waals surface area (Å²) in [6.45, 7) is 6.21. The van der Waals surface area contributed by atoms with Crippen LogP contribution in [0, 0.1) is 11.6 Å². The van der Waals surface area contributed by atoms with E-state index in [1.54, 1.807) is 11.0 Å². The van der Waals surface area contributed by atoms with Gasteiger partial charge in [0, 0.05) is 13.1 Å². The maximum atomic E-state index is 14.0. The largest absolute Gasteiger partial charge is 0.489 e. The third kappa shape index (κ3) is 4.73. The zero-order valence-electron chi connectivity index (χ0n) is 16.0. The third-order valence-corrected chi connectivity index (χ3v) is 4.66. The van der Waals surface area contributed by atoms with E-state index in [1.165, 1.54) is 6.07 Å². The van der Waals surface area contributed by atoms with Gasteiger partial charge >= 0.3 is 6.09 Å². The molecule has 150 valence electrons. The topological polar surface area (TPSA) is 38.8 Å². The molecule has 0 N–H and O–H groups in total. The number of amides is 1. The molecule has 28 heavy (non-hydrogen) atoms. The van der Waals surface area contributed by atoms with Crippen molar-refractivity contribution < 1.29 is 23.0 Å². The number of halogens is 3. The fraction of sp³-hybridized carbons (Fsp3) is 0.381. The second kappa shape index (κ2) is 7.95. The first-order chi connectivity index (χ1) is 13.1. The summed E-state index contributed by atoms with van der Waals surface area (Å²) in [7, 11) is 0. The summed E-state index contributed by atoms with van der Waals surface area (Å²) in [4.78, 5) is 13.9. The molecule has 1 heterocycles. The number of carbonyl (C=O) groups is 1. The van der Waals surface area contributed by atoms with Gasteiger partial charge in [-0.15, -0.1) is 0 Å². The molecule has 0 bridgehead atoms. The van der Waals surface area contributed by atoms with Gasteiger partial charge in [-0.2, -0.15) is 0 Å². The first-order valence-electron chi connectivity index (χ1n) is 8.99. The lowest BCUT2D eigenvalue weighted by Gasteiger charge is -2.31. The molecule has 7 heteroatoms. The Balaban J connectivity index is 1.67. The fourth-order valence-corrected chi connectivity index (χ4v) is 3.14. The van der Waals surface area contributed by atoms with Gasteiger partial charge in [-0.05, 0) is 62.6 Å². The number of rotatable bonds is 3. The van der Waals surface area contributed by atoms with Gasteiger partial charge in [0.25, 0.3) is 0 Å². The lowest BCUT2D eigenvalue weighted by Crippen LogP contribution is -2.39. The van der Waals surface area contributed by atoms with Gasteiger partial charge in [0.15, 0.2) is 5.82 Å². The normalized spacial score (nSPS) is 13.9. The summed E-state index contributed by atoms with van der Waals surface area (Å²) in [5.41, 5.74) is 1.27. The first kappa shape index (κ1) is 20.4. The molecule has 0 saturated heterocycles. The van der Waals surface area contributed by atoms with E-state index in [1.807, 2.05) is 32.9 Å². The van der Waals surface area contributed by atoms with E-state index in [0.29, 0.717) is 25.3 Å². The second-order valence-corrected chi connectivity index (χ2v) is 8.10. The van der Waals surface area contributed by atoms with E-state index >= 15 is 0 Å². The molecule has 2 aromatic rings. The van der Waals surface area contributed by atoms with Crippen LogP contribution in [0.4, 0.5) is 13.6 Å². The standard InChI is InChI=1S/C21H22ClF2NO3/c1-21(2,3)28-20(26)25-9-8-13-10-15(5-4-14(13)11-25)27-12-16-18(23)7-6-17(22)19(16)24/h4-7,10H,8-9,11-12H2,1-3H3. The van der Waals surface area contributed by atoms with Crippen LogP contribution in [0.3, 0.4) is 0 Å². The second-order valence-electron chi connectivity index (χ2n) is 7.69. The van der Waals surface area contributed by atoms with Crippen molar-refractivity contribution in [2.24, 2.45) is 0 Å². The summed E-state index contributed by atoms with van der Waals surface area (Å²) < 4.78 is 38.8. The molecule has 0 spiro atoms. The van der Waals surface area contributed by atoms with E-state index in [0.717, 1.165) is 17.2 Å². The van der Waals surface area contributed by atoms with Gasteiger partial charge in [0.1, 0.15) is 23.8 Å². The van der Waals surface area contributed by atoms with Crippen molar-refractivity contribution in [3.63, 3.8) is 0 Å². The third-order valence-electron chi connectivity index (χ3n) is 4.36. The summed E-state index contributed by atoms with van der Waals surface area (Å²) in [6.07, 6.45) is 0.302. The number of carbonyl (C=O) groups excluding carboxylic acids is 1. The maximum Gasteiger partial charge on any atom is 0.410 e. The SMILES string of the molecule is CC(C)(C)OC(=O)N1CCc2cc(OCc3c(F)ccc(Cl)c3F)ccc2C1. The van der Waals surface area contributed by atoms with Gasteiger partial charge in [0.05, 0.1) is 10.6 Å². The monoisotopic (exact) mass is 409 g/mol. The molecular weight excluding hydrogens is 388 g/mol. The molecule has 0 fully saturated rings. The van der Waals surface area contributed by atoms with Crippen LogP contribution in [0.15, 0.2) is 30.3 Å². The van der Waals surface area contributed by atoms with Crippen molar-refractivity contribution in [3.8, 4) is 5.75 Å². The molecule has 0 unspecified atom stereocenters. The molecule has 2 aromatic carbocycles. The molecule has 4 nitrogen and oxygen atoms in total. The number of nitrogens with zero attached hydrogens (tertiary/aromatic N) is 1. The lowest BCUT2D eigenvalue weighted by molar-refractivity contribution is 0.0224. The van der Waals surface area contributed by atoms with Crippen molar-refractivity contribution in [1.82, 2.24) is 4.90 Å². The highest BCUT2D eigenvalue weighted by Gasteiger charge is 2.26. The van der Waals surface area contributed by atoms with Gasteiger partial charge in [-0.25, -0.2) is 13.6 Å². The van der Waals surface area contributed by atoms with Crippen molar-refractivity contribution in [1.29, 1.82) is 0 Å². The zero-order chi connectivity index (χ0) is 20.5. The Bertz CT molecular complexity index is 896. The predicted molar refractivity (Wildman–Crippen MR) is 102 cm³/mol. The number of benzene rings is 2. The van der Waals surface area contributed by atoms with E-state index in [2.05, 4.69) is 0 Å². The molecule has 3 rings (SSSR count). The fourth-order valence-electron chi connectivity index (χ4n) is 2.96. The Hall–Kier alpha value is -2.34. The van der Waals surface area contributed by atoms with E-state index in [-0.39, 0.29) is 23.3 Å². The van der Waals surface area contributed by atoms with Crippen LogP contribution >= 0.6 is 11.6 Å².